The van der Waals surface area contributed by atoms with Crippen LogP contribution in [-0.2, 0) is 11.3 Å². The molecule has 40 heavy (non-hydrogen) atoms. The third-order valence-electron chi connectivity index (χ3n) is 7.04. The fraction of sp³-hybridized carbons (Fsp3) is 0.229. The Morgan fingerprint density at radius 2 is 1.55 bits per heavy atom. The van der Waals surface area contributed by atoms with Crippen molar-refractivity contribution in [3.05, 3.63) is 126 Å². The molecule has 1 amide bonds. The number of methoxy groups -OCH3 is 1. The van der Waals surface area contributed by atoms with Crippen molar-refractivity contribution >= 4 is 16.8 Å². The normalized spacial score (nSPS) is 11.9. The molecule has 1 N–H and O–H groups in total. The van der Waals surface area contributed by atoms with Gasteiger partial charge in [-0.1, -0.05) is 74.5 Å². The monoisotopic (exact) mass is 532 g/mol. The SMILES string of the molecule is COc1ccc(Cn2cc([C@@H](CC(=O)NCC(C)C)c3cccc(Oc4ccccc4)c3)c3ccccc32)cc1. The summed E-state index contributed by atoms with van der Waals surface area (Å²) in [5, 5.41) is 4.27. The molecule has 204 valence electrons. The van der Waals surface area contributed by atoms with E-state index in [1.54, 1.807) is 7.11 Å². The number of ether oxygens (including phenoxy) is 2. The van der Waals surface area contributed by atoms with Crippen molar-refractivity contribution in [3.8, 4) is 17.2 Å². The Kier molecular flexibility index (Phi) is 8.50. The summed E-state index contributed by atoms with van der Waals surface area (Å²) < 4.78 is 13.8. The number of aromatic nitrogens is 1. The molecular weight excluding hydrogens is 496 g/mol. The van der Waals surface area contributed by atoms with Crippen molar-refractivity contribution in [1.82, 2.24) is 9.88 Å². The number of carbonyl (C=O) groups excluding carboxylic acids is 1. The molecule has 0 fully saturated rings. The molecule has 1 aromatic heterocycles. The number of fused-ring (bicyclic) bond motifs is 1. The molecule has 1 heterocycles. The Hall–Kier alpha value is -4.51. The van der Waals surface area contributed by atoms with Crippen LogP contribution in [0.1, 0.15) is 42.9 Å². The number of rotatable bonds is 11. The van der Waals surface area contributed by atoms with E-state index in [-0.39, 0.29) is 11.8 Å². The van der Waals surface area contributed by atoms with Crippen molar-refractivity contribution in [2.24, 2.45) is 5.92 Å². The highest BCUT2D eigenvalue weighted by molar-refractivity contribution is 5.87. The molecule has 1 atom stereocenters. The highest BCUT2D eigenvalue weighted by Gasteiger charge is 2.23. The highest BCUT2D eigenvalue weighted by atomic mass is 16.5. The number of hydrogen-bond acceptors (Lipinski definition) is 3. The van der Waals surface area contributed by atoms with Crippen LogP contribution >= 0.6 is 0 Å². The second-order valence-corrected chi connectivity index (χ2v) is 10.5. The van der Waals surface area contributed by atoms with E-state index in [9.17, 15) is 4.79 Å². The zero-order valence-electron chi connectivity index (χ0n) is 23.3. The molecule has 0 saturated heterocycles. The van der Waals surface area contributed by atoms with E-state index >= 15 is 0 Å². The maximum Gasteiger partial charge on any atom is 0.220 e. The first-order chi connectivity index (χ1) is 19.5. The number of nitrogens with one attached hydrogen (secondary N) is 1. The van der Waals surface area contributed by atoms with Crippen LogP contribution in [0.15, 0.2) is 109 Å². The lowest BCUT2D eigenvalue weighted by molar-refractivity contribution is -0.121. The molecule has 5 rings (SSSR count). The number of benzene rings is 4. The Morgan fingerprint density at radius 1 is 0.825 bits per heavy atom. The van der Waals surface area contributed by atoms with Gasteiger partial charge in [0.05, 0.1) is 7.11 Å². The lowest BCUT2D eigenvalue weighted by Gasteiger charge is -2.19. The first-order valence-corrected chi connectivity index (χ1v) is 13.8. The van der Waals surface area contributed by atoms with Gasteiger partial charge < -0.3 is 19.4 Å². The first-order valence-electron chi connectivity index (χ1n) is 13.8. The van der Waals surface area contributed by atoms with Crippen molar-refractivity contribution in [1.29, 1.82) is 0 Å². The van der Waals surface area contributed by atoms with Gasteiger partial charge in [-0.2, -0.15) is 0 Å². The quantitative estimate of drug-likeness (QED) is 0.189. The standard InChI is InChI=1S/C35H36N2O3/c1-25(2)22-36-35(38)21-32(27-10-9-13-30(20-27)40-29-11-5-4-6-12-29)33-24-37(34-15-8-7-14-31(33)34)23-26-16-18-28(39-3)19-17-26/h4-20,24-25,32H,21-23H2,1-3H3,(H,36,38)/t32-/m0/s1. The van der Waals surface area contributed by atoms with Crippen LogP contribution in [0.2, 0.25) is 0 Å². The van der Waals surface area contributed by atoms with E-state index < -0.39 is 0 Å². The van der Waals surface area contributed by atoms with Gasteiger partial charge in [0.15, 0.2) is 0 Å². The molecule has 4 aromatic carbocycles. The summed E-state index contributed by atoms with van der Waals surface area (Å²) in [5.41, 5.74) is 4.48. The van der Waals surface area contributed by atoms with Gasteiger partial charge in [0.1, 0.15) is 17.2 Å². The Balaban J connectivity index is 1.53. The minimum atomic E-state index is -0.145. The molecule has 0 aliphatic carbocycles. The number of hydrogen-bond donors (Lipinski definition) is 1. The number of carbonyl (C=O) groups is 1. The van der Waals surface area contributed by atoms with Crippen LogP contribution in [0.25, 0.3) is 10.9 Å². The largest absolute Gasteiger partial charge is 0.497 e. The molecule has 0 bridgehead atoms. The van der Waals surface area contributed by atoms with E-state index in [0.29, 0.717) is 25.4 Å². The van der Waals surface area contributed by atoms with Crippen molar-refractivity contribution in [2.45, 2.75) is 32.7 Å². The van der Waals surface area contributed by atoms with Crippen molar-refractivity contribution < 1.29 is 14.3 Å². The molecule has 0 aliphatic heterocycles. The van der Waals surface area contributed by atoms with Gasteiger partial charge in [-0.25, -0.2) is 0 Å². The maximum atomic E-state index is 13.2. The highest BCUT2D eigenvalue weighted by Crippen LogP contribution is 2.37. The summed E-state index contributed by atoms with van der Waals surface area (Å²) in [5.74, 6) is 2.65. The van der Waals surface area contributed by atoms with Crippen molar-refractivity contribution in [3.63, 3.8) is 0 Å². The van der Waals surface area contributed by atoms with Crippen LogP contribution in [0, 0.1) is 5.92 Å². The van der Waals surface area contributed by atoms with Gasteiger partial charge in [0, 0.05) is 42.5 Å². The van der Waals surface area contributed by atoms with Gasteiger partial charge in [0.25, 0.3) is 0 Å². The summed E-state index contributed by atoms with van der Waals surface area (Å²) in [6.45, 7) is 5.58. The van der Waals surface area contributed by atoms with Crippen LogP contribution in [0.5, 0.6) is 17.2 Å². The van der Waals surface area contributed by atoms with Gasteiger partial charge in [0.2, 0.25) is 5.91 Å². The van der Waals surface area contributed by atoms with E-state index in [2.05, 4.69) is 78.5 Å². The molecule has 5 aromatic rings. The summed E-state index contributed by atoms with van der Waals surface area (Å²) in [4.78, 5) is 13.2. The summed E-state index contributed by atoms with van der Waals surface area (Å²) in [6, 6.07) is 34.5. The van der Waals surface area contributed by atoms with Gasteiger partial charge in [-0.05, 0) is 65.1 Å². The Labute approximate surface area is 236 Å². The fourth-order valence-corrected chi connectivity index (χ4v) is 5.01. The van der Waals surface area contributed by atoms with E-state index in [4.69, 9.17) is 9.47 Å². The predicted octanol–water partition coefficient (Wildman–Crippen LogP) is 7.78. The maximum absolute atomic E-state index is 13.2. The zero-order valence-corrected chi connectivity index (χ0v) is 23.3. The fourth-order valence-electron chi connectivity index (χ4n) is 5.01. The minimum Gasteiger partial charge on any atom is -0.497 e. The first kappa shape index (κ1) is 27.1. The smallest absolute Gasteiger partial charge is 0.220 e. The number of amides is 1. The van der Waals surface area contributed by atoms with Gasteiger partial charge in [-0.3, -0.25) is 4.79 Å². The average Bonchev–Trinajstić information content (AvgIpc) is 3.34. The van der Waals surface area contributed by atoms with Crippen molar-refractivity contribution in [2.75, 3.05) is 13.7 Å². The molecular formula is C35H36N2O3. The Bertz CT molecular complexity index is 1560. The molecule has 5 heteroatoms. The van der Waals surface area contributed by atoms with E-state index in [0.717, 1.165) is 39.3 Å². The summed E-state index contributed by atoms with van der Waals surface area (Å²) in [6.07, 6.45) is 2.55. The van der Waals surface area contributed by atoms with Crippen LogP contribution in [0.4, 0.5) is 0 Å². The minimum absolute atomic E-state index is 0.0417. The summed E-state index contributed by atoms with van der Waals surface area (Å²) >= 11 is 0. The van der Waals surface area contributed by atoms with E-state index in [1.165, 1.54) is 5.56 Å². The van der Waals surface area contributed by atoms with Crippen LogP contribution in [0.3, 0.4) is 0 Å². The lowest BCUT2D eigenvalue weighted by atomic mass is 9.88. The second kappa shape index (κ2) is 12.6. The second-order valence-electron chi connectivity index (χ2n) is 10.5. The van der Waals surface area contributed by atoms with E-state index in [1.807, 2.05) is 54.6 Å². The molecule has 0 spiro atoms. The molecule has 5 nitrogen and oxygen atoms in total. The molecule has 0 saturated carbocycles. The molecule has 0 radical (unpaired) electrons. The zero-order chi connectivity index (χ0) is 27.9. The average molecular weight is 533 g/mol. The Morgan fingerprint density at radius 3 is 2.30 bits per heavy atom. The summed E-state index contributed by atoms with van der Waals surface area (Å²) in [7, 11) is 1.68. The third kappa shape index (κ3) is 6.55. The van der Waals surface area contributed by atoms with Crippen LogP contribution in [-0.4, -0.2) is 24.1 Å². The molecule has 0 unspecified atom stereocenters. The van der Waals surface area contributed by atoms with Gasteiger partial charge >= 0.3 is 0 Å². The number of nitrogens with zero attached hydrogens (tertiary/aromatic N) is 1. The predicted molar refractivity (Wildman–Crippen MR) is 161 cm³/mol. The van der Waals surface area contributed by atoms with Crippen LogP contribution < -0.4 is 14.8 Å². The molecule has 0 aliphatic rings. The topological polar surface area (TPSA) is 52.5 Å². The van der Waals surface area contributed by atoms with Gasteiger partial charge in [-0.15, -0.1) is 0 Å². The third-order valence-corrected chi connectivity index (χ3v) is 7.04. The lowest BCUT2D eigenvalue weighted by Crippen LogP contribution is -2.28. The number of para-hydroxylation sites is 2.